The molecular formula is C19H22N9O4S3+. The van der Waals surface area contributed by atoms with Gasteiger partial charge in [-0.2, -0.15) is 5.21 Å². The maximum atomic E-state index is 13.3. The van der Waals surface area contributed by atoms with Crippen molar-refractivity contribution >= 4 is 46.7 Å². The zero-order valence-electron chi connectivity index (χ0n) is 18.2. The number of aromatic nitrogens is 5. The molecule has 1 atom stereocenters. The molecule has 0 aliphatic carbocycles. The Bertz CT molecular complexity index is 1610. The molecule has 1 fully saturated rings. The maximum absolute atomic E-state index is 13.3. The van der Waals surface area contributed by atoms with Gasteiger partial charge in [0, 0.05) is 18.4 Å². The number of nitrogen functional groups attached to an aromatic ring is 1. The molecule has 0 amide bonds. The number of hydrogen-bond donors (Lipinski definition) is 5. The Labute approximate surface area is 204 Å². The Kier molecular flexibility index (Phi) is 6.02. The highest BCUT2D eigenvalue weighted by Crippen LogP contribution is 2.41. The summed E-state index contributed by atoms with van der Waals surface area (Å²) in [7, 11) is -8.84. The number of thiazole rings is 1. The lowest BCUT2D eigenvalue weighted by molar-refractivity contribution is -0.667. The number of fused-ring (bicyclic) bond motifs is 1. The van der Waals surface area contributed by atoms with Gasteiger partial charge in [-0.25, -0.2) is 31.7 Å². The number of tetrazole rings is 1. The van der Waals surface area contributed by atoms with E-state index in [1.54, 1.807) is 12.1 Å². The zero-order valence-corrected chi connectivity index (χ0v) is 20.6. The number of nitrogens with one attached hydrogen (secondary N) is 2. The van der Waals surface area contributed by atoms with Gasteiger partial charge >= 0.3 is 0 Å². The molecule has 1 aliphatic heterocycles. The van der Waals surface area contributed by atoms with Crippen molar-refractivity contribution in [3.8, 4) is 22.5 Å². The molecule has 4 aromatic rings. The van der Waals surface area contributed by atoms with E-state index < -0.39 is 29.8 Å². The third-order valence-corrected chi connectivity index (χ3v) is 9.24. The number of primary sulfonamides is 1. The van der Waals surface area contributed by atoms with Crippen molar-refractivity contribution in [3.05, 3.63) is 30.3 Å². The van der Waals surface area contributed by atoms with E-state index in [4.69, 9.17) is 10.9 Å². The highest BCUT2D eigenvalue weighted by molar-refractivity contribution is 7.92. The van der Waals surface area contributed by atoms with E-state index in [0.717, 1.165) is 24.1 Å². The standard InChI is InChI=1S/C19H21N9O4S3/c20-19-24-16-12(4-1-5-13(16)33-19)11-6-7-14(35(31,32)23-9-10-3-2-8-22-10)17(34(21,29)30)15(11)18-25-27-28-26-18/h1,4-7,10,22-23H,2-3,8-9H2,(H2,20,24)(H2,21,29,30)(H,25,26,27,28)/p+1/t10-/m1/s1. The summed E-state index contributed by atoms with van der Waals surface area (Å²) in [5.74, 6) is -0.134. The average molecular weight is 537 g/mol. The third-order valence-electron chi connectivity index (χ3n) is 5.80. The van der Waals surface area contributed by atoms with Gasteiger partial charge in [-0.3, -0.25) is 0 Å². The summed E-state index contributed by atoms with van der Waals surface area (Å²) in [5, 5.41) is 21.7. The summed E-state index contributed by atoms with van der Waals surface area (Å²) < 4.78 is 55.7. The summed E-state index contributed by atoms with van der Waals surface area (Å²) in [6.07, 6.45) is 1.84. The Morgan fingerprint density at radius 2 is 2.00 bits per heavy atom. The molecule has 13 nitrogen and oxygen atoms in total. The Balaban J connectivity index is 1.76. The van der Waals surface area contributed by atoms with E-state index >= 15 is 0 Å². The first-order valence-electron chi connectivity index (χ1n) is 10.6. The monoisotopic (exact) mass is 536 g/mol. The van der Waals surface area contributed by atoms with Gasteiger partial charge in [-0.1, -0.05) is 29.5 Å². The van der Waals surface area contributed by atoms with E-state index in [-0.39, 0.29) is 24.0 Å². The first-order chi connectivity index (χ1) is 16.6. The van der Waals surface area contributed by atoms with E-state index in [9.17, 15) is 16.8 Å². The largest absolute Gasteiger partial charge is 0.375 e. The second-order valence-electron chi connectivity index (χ2n) is 8.08. The molecule has 16 heteroatoms. The second-order valence-corrected chi connectivity index (χ2v) is 12.4. The quantitative estimate of drug-likeness (QED) is 0.203. The Morgan fingerprint density at radius 3 is 2.69 bits per heavy atom. The average Bonchev–Trinajstić information content (AvgIpc) is 3.57. The zero-order chi connectivity index (χ0) is 24.8. The van der Waals surface area contributed by atoms with Crippen molar-refractivity contribution in [2.75, 3.05) is 18.8 Å². The van der Waals surface area contributed by atoms with Gasteiger partial charge in [0.05, 0.1) is 34.9 Å². The van der Waals surface area contributed by atoms with Crippen LogP contribution in [0.3, 0.4) is 0 Å². The molecule has 1 saturated heterocycles. The first kappa shape index (κ1) is 23.7. The van der Waals surface area contributed by atoms with Gasteiger partial charge in [-0.15, -0.1) is 10.2 Å². The van der Waals surface area contributed by atoms with E-state index in [2.05, 4.69) is 35.6 Å². The van der Waals surface area contributed by atoms with Crippen LogP contribution in [0.25, 0.3) is 32.7 Å². The lowest BCUT2D eigenvalue weighted by atomic mass is 9.98. The van der Waals surface area contributed by atoms with Crippen LogP contribution in [0.5, 0.6) is 0 Å². The van der Waals surface area contributed by atoms with Crippen LogP contribution in [0, 0.1) is 0 Å². The molecule has 1 aliphatic rings. The van der Waals surface area contributed by atoms with Gasteiger partial charge < -0.3 is 11.1 Å². The van der Waals surface area contributed by atoms with Crippen LogP contribution in [-0.2, 0) is 20.0 Å². The molecule has 0 spiro atoms. The maximum Gasteiger partial charge on any atom is 0.242 e. The normalized spacial score (nSPS) is 16.8. The van der Waals surface area contributed by atoms with Crippen molar-refractivity contribution < 1.29 is 22.2 Å². The predicted molar refractivity (Wildman–Crippen MR) is 129 cm³/mol. The number of quaternary nitrogens is 1. The van der Waals surface area contributed by atoms with Crippen LogP contribution in [0.1, 0.15) is 12.8 Å². The summed E-state index contributed by atoms with van der Waals surface area (Å²) in [6.45, 7) is 1.07. The number of H-pyrrole nitrogens is 1. The number of nitrogens with zero attached hydrogens (tertiary/aromatic N) is 4. The fourth-order valence-corrected chi connectivity index (χ4v) is 7.74. The number of para-hydroxylation sites is 1. The molecule has 5 rings (SSSR count). The lowest BCUT2D eigenvalue weighted by Gasteiger charge is -2.17. The number of hydrogen-bond acceptors (Lipinski definition) is 10. The number of rotatable bonds is 7. The Hall–Kier alpha value is -3.02. The van der Waals surface area contributed by atoms with Gasteiger partial charge in [0.15, 0.2) is 5.13 Å². The van der Waals surface area contributed by atoms with Crippen LogP contribution < -0.4 is 20.9 Å². The predicted octanol–water partition coefficient (Wildman–Crippen LogP) is -0.623. The van der Waals surface area contributed by atoms with Gasteiger partial charge in [-0.05, 0) is 22.9 Å². The molecule has 0 bridgehead atoms. The molecule has 35 heavy (non-hydrogen) atoms. The molecule has 0 radical (unpaired) electrons. The molecule has 0 unspecified atom stereocenters. The number of sulfonamides is 2. The van der Waals surface area contributed by atoms with E-state index in [1.807, 2.05) is 6.07 Å². The smallest absolute Gasteiger partial charge is 0.242 e. The van der Waals surface area contributed by atoms with Crippen molar-refractivity contribution in [2.24, 2.45) is 5.14 Å². The first-order valence-corrected chi connectivity index (χ1v) is 14.4. The Morgan fingerprint density at radius 1 is 1.17 bits per heavy atom. The van der Waals surface area contributed by atoms with E-state index in [0.29, 0.717) is 21.8 Å². The molecule has 0 saturated carbocycles. The molecule has 3 heterocycles. The van der Waals surface area contributed by atoms with Crippen molar-refractivity contribution in [1.29, 1.82) is 0 Å². The van der Waals surface area contributed by atoms with Crippen molar-refractivity contribution in [1.82, 2.24) is 30.3 Å². The highest BCUT2D eigenvalue weighted by Gasteiger charge is 2.33. The van der Waals surface area contributed by atoms with Crippen LogP contribution in [-0.4, -0.2) is 61.6 Å². The van der Waals surface area contributed by atoms with Crippen LogP contribution in [0.2, 0.25) is 0 Å². The second kappa shape index (κ2) is 8.89. The summed E-state index contributed by atoms with van der Waals surface area (Å²) in [4.78, 5) is 3.25. The summed E-state index contributed by atoms with van der Waals surface area (Å²) in [5.41, 5.74) is 7.14. The van der Waals surface area contributed by atoms with Gasteiger partial charge in [0.1, 0.15) is 9.79 Å². The number of benzene rings is 2. The summed E-state index contributed by atoms with van der Waals surface area (Å²) in [6, 6.07) is 8.08. The number of anilines is 1. The van der Waals surface area contributed by atoms with E-state index in [1.165, 1.54) is 23.5 Å². The number of aromatic amines is 1. The van der Waals surface area contributed by atoms with Crippen LogP contribution in [0.4, 0.5) is 5.13 Å². The fourth-order valence-electron chi connectivity index (χ4n) is 4.29. The topological polar surface area (TPSA) is 216 Å². The molecule has 2 aromatic carbocycles. The lowest BCUT2D eigenvalue weighted by Crippen LogP contribution is -2.88. The number of nitrogens with two attached hydrogens (primary N) is 3. The SMILES string of the molecule is Nc1nc2c(-c3ccc(S(=O)(=O)NC[C@H]4CCC[NH2+]4)c(S(N)(=O)=O)c3-c3nn[nH]n3)cccc2s1. The van der Waals surface area contributed by atoms with Gasteiger partial charge in [0.2, 0.25) is 25.9 Å². The molecule has 184 valence electrons. The van der Waals surface area contributed by atoms with Gasteiger partial charge in [0.25, 0.3) is 0 Å². The molecule has 2 aromatic heterocycles. The van der Waals surface area contributed by atoms with Crippen molar-refractivity contribution in [2.45, 2.75) is 28.7 Å². The minimum absolute atomic E-state index is 0.0754. The highest BCUT2D eigenvalue weighted by atomic mass is 32.2. The van der Waals surface area contributed by atoms with Crippen molar-refractivity contribution in [3.63, 3.8) is 0 Å². The van der Waals surface area contributed by atoms with Crippen LogP contribution >= 0.6 is 11.3 Å². The minimum Gasteiger partial charge on any atom is -0.375 e. The molecule has 8 N–H and O–H groups in total. The third kappa shape index (κ3) is 4.51. The minimum atomic E-state index is -4.58. The van der Waals surface area contributed by atoms with Crippen LogP contribution in [0.15, 0.2) is 40.1 Å². The fraction of sp³-hybridized carbons (Fsp3) is 0.263. The molecular weight excluding hydrogens is 514 g/mol. The summed E-state index contributed by atoms with van der Waals surface area (Å²) >= 11 is 1.27.